The minimum absolute atomic E-state index is 0.131. The van der Waals surface area contributed by atoms with Gasteiger partial charge in [-0.2, -0.15) is 13.2 Å². The number of hydrogen-bond donors (Lipinski definition) is 2. The van der Waals surface area contributed by atoms with Gasteiger partial charge in [0, 0.05) is 12.2 Å². The van der Waals surface area contributed by atoms with Crippen molar-refractivity contribution >= 4 is 11.6 Å². The summed E-state index contributed by atoms with van der Waals surface area (Å²) in [7, 11) is 0. The van der Waals surface area contributed by atoms with Crippen LogP contribution in [0, 0.1) is 0 Å². The third-order valence-electron chi connectivity index (χ3n) is 4.61. The monoisotopic (exact) mass is 428 g/mol. The normalized spacial score (nSPS) is 11.2. The van der Waals surface area contributed by atoms with Crippen LogP contribution >= 0.6 is 0 Å². The third kappa shape index (κ3) is 7.15. The number of ether oxygens (including phenoxy) is 1. The van der Waals surface area contributed by atoms with Crippen LogP contribution in [0.4, 0.5) is 18.9 Å². The molecule has 31 heavy (non-hydrogen) atoms. The molecule has 0 saturated carbocycles. The van der Waals surface area contributed by atoms with Gasteiger partial charge >= 0.3 is 6.18 Å². The van der Waals surface area contributed by atoms with Gasteiger partial charge in [0.1, 0.15) is 0 Å². The minimum atomic E-state index is -4.42. The van der Waals surface area contributed by atoms with Crippen LogP contribution < -0.4 is 10.6 Å². The molecule has 1 amide bonds. The van der Waals surface area contributed by atoms with Crippen molar-refractivity contribution in [3.8, 4) is 0 Å². The number of benzene rings is 3. The van der Waals surface area contributed by atoms with Crippen LogP contribution in [0.3, 0.4) is 0 Å². The Kier molecular flexibility index (Phi) is 7.67. The van der Waals surface area contributed by atoms with E-state index in [1.54, 1.807) is 0 Å². The summed E-state index contributed by atoms with van der Waals surface area (Å²) < 4.78 is 44.1. The molecule has 0 aliphatic heterocycles. The summed E-state index contributed by atoms with van der Waals surface area (Å²) >= 11 is 0. The lowest BCUT2D eigenvalue weighted by Gasteiger charge is -2.13. The molecular formula is C24H23F3N2O2. The van der Waals surface area contributed by atoms with E-state index in [4.69, 9.17) is 4.74 Å². The van der Waals surface area contributed by atoms with Gasteiger partial charge in [0.2, 0.25) is 5.91 Å². The first-order chi connectivity index (χ1) is 14.9. The Labute approximate surface area is 179 Å². The lowest BCUT2D eigenvalue weighted by molar-refractivity contribution is -0.137. The standard InChI is InChI=1S/C24H23F3N2O2/c25-24(26,27)21-11-6-12-22(13-21)28-15-23(30)29-14-19-9-4-5-10-20(19)17-31-16-18-7-2-1-3-8-18/h1-13,28H,14-17H2,(H,29,30). The maximum Gasteiger partial charge on any atom is 0.416 e. The molecule has 0 aromatic heterocycles. The van der Waals surface area contributed by atoms with Crippen LogP contribution in [0.25, 0.3) is 0 Å². The summed E-state index contributed by atoms with van der Waals surface area (Å²) in [5.41, 5.74) is 2.43. The van der Waals surface area contributed by atoms with Gasteiger partial charge in [0.05, 0.1) is 25.3 Å². The molecule has 3 aromatic rings. The Bertz CT molecular complexity index is 991. The Balaban J connectivity index is 1.48. The number of amides is 1. The molecule has 0 heterocycles. The van der Waals surface area contributed by atoms with Crippen molar-refractivity contribution in [2.45, 2.75) is 25.9 Å². The second kappa shape index (κ2) is 10.6. The van der Waals surface area contributed by atoms with Crippen LogP contribution in [0.15, 0.2) is 78.9 Å². The fourth-order valence-corrected chi connectivity index (χ4v) is 2.97. The predicted molar refractivity (Wildman–Crippen MR) is 113 cm³/mol. The van der Waals surface area contributed by atoms with E-state index in [1.807, 2.05) is 54.6 Å². The summed E-state index contributed by atoms with van der Waals surface area (Å²) in [6, 6.07) is 22.2. The Hall–Kier alpha value is -3.32. The van der Waals surface area contributed by atoms with Crippen molar-refractivity contribution in [3.05, 3.63) is 101 Å². The molecule has 0 saturated heterocycles. The second-order valence-corrected chi connectivity index (χ2v) is 6.96. The molecule has 0 aliphatic rings. The molecule has 0 spiro atoms. The van der Waals surface area contributed by atoms with Crippen molar-refractivity contribution < 1.29 is 22.7 Å². The number of halogens is 3. The minimum Gasteiger partial charge on any atom is -0.376 e. The van der Waals surface area contributed by atoms with Gasteiger partial charge in [-0.05, 0) is 34.9 Å². The molecule has 3 rings (SSSR count). The largest absolute Gasteiger partial charge is 0.416 e. The average molecular weight is 428 g/mol. The number of rotatable bonds is 9. The van der Waals surface area contributed by atoms with Crippen LogP contribution in [-0.2, 0) is 35.5 Å². The highest BCUT2D eigenvalue weighted by atomic mass is 19.4. The molecule has 4 nitrogen and oxygen atoms in total. The van der Waals surface area contributed by atoms with Crippen molar-refractivity contribution in [2.75, 3.05) is 11.9 Å². The number of nitrogens with one attached hydrogen (secondary N) is 2. The first kappa shape index (κ1) is 22.4. The number of carbonyl (C=O) groups is 1. The highest BCUT2D eigenvalue weighted by Gasteiger charge is 2.30. The van der Waals surface area contributed by atoms with Gasteiger partial charge in [-0.1, -0.05) is 60.7 Å². The summed E-state index contributed by atoms with van der Waals surface area (Å²) in [6.07, 6.45) is -4.42. The third-order valence-corrected chi connectivity index (χ3v) is 4.61. The summed E-state index contributed by atoms with van der Waals surface area (Å²) in [4.78, 5) is 12.2. The smallest absolute Gasteiger partial charge is 0.376 e. The van der Waals surface area contributed by atoms with Gasteiger partial charge in [-0.25, -0.2) is 0 Å². The van der Waals surface area contributed by atoms with E-state index in [0.29, 0.717) is 19.8 Å². The summed E-state index contributed by atoms with van der Waals surface area (Å²) in [6.45, 7) is 1.06. The molecule has 0 bridgehead atoms. The highest BCUT2D eigenvalue weighted by Crippen LogP contribution is 2.30. The van der Waals surface area contributed by atoms with E-state index in [1.165, 1.54) is 12.1 Å². The molecule has 0 unspecified atom stereocenters. The molecule has 0 fully saturated rings. The fourth-order valence-electron chi connectivity index (χ4n) is 2.97. The van der Waals surface area contributed by atoms with Crippen LogP contribution in [-0.4, -0.2) is 12.5 Å². The zero-order valence-corrected chi connectivity index (χ0v) is 16.8. The Morgan fingerprint density at radius 1 is 0.839 bits per heavy atom. The lowest BCUT2D eigenvalue weighted by Crippen LogP contribution is -2.29. The van der Waals surface area contributed by atoms with E-state index in [0.717, 1.165) is 28.8 Å². The first-order valence-electron chi connectivity index (χ1n) is 9.78. The first-order valence-corrected chi connectivity index (χ1v) is 9.78. The second-order valence-electron chi connectivity index (χ2n) is 6.96. The van der Waals surface area contributed by atoms with Crippen LogP contribution in [0.1, 0.15) is 22.3 Å². The molecule has 0 radical (unpaired) electrons. The molecular weight excluding hydrogens is 405 g/mol. The number of alkyl halides is 3. The van der Waals surface area contributed by atoms with Crippen molar-refractivity contribution in [1.82, 2.24) is 5.32 Å². The highest BCUT2D eigenvalue weighted by molar-refractivity contribution is 5.80. The van der Waals surface area contributed by atoms with E-state index in [9.17, 15) is 18.0 Å². The lowest BCUT2D eigenvalue weighted by atomic mass is 10.1. The topological polar surface area (TPSA) is 50.4 Å². The van der Waals surface area contributed by atoms with E-state index >= 15 is 0 Å². The van der Waals surface area contributed by atoms with Gasteiger partial charge in [0.25, 0.3) is 0 Å². The fraction of sp³-hybridized carbons (Fsp3) is 0.208. The number of carbonyl (C=O) groups excluding carboxylic acids is 1. The van der Waals surface area contributed by atoms with Crippen LogP contribution in [0.2, 0.25) is 0 Å². The predicted octanol–water partition coefficient (Wildman–Crippen LogP) is 5.15. The maximum atomic E-state index is 12.8. The quantitative estimate of drug-likeness (QED) is 0.496. The molecule has 0 atom stereocenters. The Morgan fingerprint density at radius 3 is 2.29 bits per heavy atom. The van der Waals surface area contributed by atoms with Crippen molar-refractivity contribution in [1.29, 1.82) is 0 Å². The van der Waals surface area contributed by atoms with E-state index in [-0.39, 0.29) is 18.1 Å². The van der Waals surface area contributed by atoms with Gasteiger partial charge in [-0.3, -0.25) is 4.79 Å². The van der Waals surface area contributed by atoms with Gasteiger partial charge in [0.15, 0.2) is 0 Å². The van der Waals surface area contributed by atoms with Crippen LogP contribution in [0.5, 0.6) is 0 Å². The van der Waals surface area contributed by atoms with E-state index < -0.39 is 11.7 Å². The molecule has 162 valence electrons. The number of hydrogen-bond acceptors (Lipinski definition) is 3. The summed E-state index contributed by atoms with van der Waals surface area (Å²) in [5.74, 6) is -0.322. The van der Waals surface area contributed by atoms with Gasteiger partial charge < -0.3 is 15.4 Å². The number of anilines is 1. The zero-order chi connectivity index (χ0) is 22.1. The molecule has 3 aromatic carbocycles. The molecule has 7 heteroatoms. The SMILES string of the molecule is O=C(CNc1cccc(C(F)(F)F)c1)NCc1ccccc1COCc1ccccc1. The Morgan fingerprint density at radius 2 is 1.55 bits per heavy atom. The van der Waals surface area contributed by atoms with Crippen molar-refractivity contribution in [2.24, 2.45) is 0 Å². The zero-order valence-electron chi connectivity index (χ0n) is 16.8. The van der Waals surface area contributed by atoms with Gasteiger partial charge in [-0.15, -0.1) is 0 Å². The van der Waals surface area contributed by atoms with Crippen molar-refractivity contribution in [3.63, 3.8) is 0 Å². The summed E-state index contributed by atoms with van der Waals surface area (Å²) in [5, 5.41) is 5.51. The molecule has 0 aliphatic carbocycles. The molecule has 2 N–H and O–H groups in total. The average Bonchev–Trinajstić information content (AvgIpc) is 2.77. The maximum absolute atomic E-state index is 12.8. The van der Waals surface area contributed by atoms with E-state index in [2.05, 4.69) is 10.6 Å².